The minimum atomic E-state index is -2.90. The number of carbonyl (C=O) groups is 1. The Balaban J connectivity index is 1.65. The zero-order valence-corrected chi connectivity index (χ0v) is 21.9. The highest BCUT2D eigenvalue weighted by Gasteiger charge is 2.33. The van der Waals surface area contributed by atoms with Crippen LogP contribution in [0.1, 0.15) is 39.0 Å². The van der Waals surface area contributed by atoms with Gasteiger partial charge in [0.05, 0.1) is 33.4 Å². The van der Waals surface area contributed by atoms with Gasteiger partial charge in [0.2, 0.25) is 0 Å². The number of aromatic nitrogens is 2. The maximum Gasteiger partial charge on any atom is 0.404 e. The molecular formula is C26H30Cl2F2N4O3. The Labute approximate surface area is 224 Å². The summed E-state index contributed by atoms with van der Waals surface area (Å²) in [7, 11) is 0. The van der Waals surface area contributed by atoms with Gasteiger partial charge in [-0.05, 0) is 55.7 Å². The third-order valence-electron chi connectivity index (χ3n) is 6.93. The van der Waals surface area contributed by atoms with Crippen LogP contribution in [0.3, 0.4) is 0 Å². The van der Waals surface area contributed by atoms with E-state index in [0.717, 1.165) is 30.3 Å². The highest BCUT2D eigenvalue weighted by molar-refractivity contribution is 6.42. The normalized spacial score (nSPS) is 16.6. The molecular weight excluding hydrogens is 525 g/mol. The van der Waals surface area contributed by atoms with Crippen molar-refractivity contribution in [2.24, 2.45) is 17.6 Å². The van der Waals surface area contributed by atoms with Crippen LogP contribution < -0.4 is 15.8 Å². The highest BCUT2D eigenvalue weighted by Crippen LogP contribution is 2.35. The molecule has 1 aromatic heterocycles. The van der Waals surface area contributed by atoms with Crippen LogP contribution in [0.25, 0.3) is 11.0 Å². The molecule has 1 aliphatic rings. The first-order valence-corrected chi connectivity index (χ1v) is 13.0. The Morgan fingerprint density at radius 1 is 1.19 bits per heavy atom. The fraction of sp³-hybridized carbons (Fsp3) is 0.462. The number of halogens is 4. The molecule has 1 amide bonds. The SMILES string of the molecule is CC(OC(N)=O)[C@H](Nc1ccc(OC(F)F)cc1)[C@@H](CC1CCCC1)Cn1cnc2cc(Cl)c(Cl)cc21. The number of benzene rings is 2. The molecule has 1 fully saturated rings. The van der Waals surface area contributed by atoms with Gasteiger partial charge < -0.3 is 25.1 Å². The predicted molar refractivity (Wildman–Crippen MR) is 140 cm³/mol. The van der Waals surface area contributed by atoms with Crippen molar-refractivity contribution in [1.29, 1.82) is 0 Å². The third kappa shape index (κ3) is 7.17. The molecule has 1 aliphatic carbocycles. The lowest BCUT2D eigenvalue weighted by atomic mass is 9.85. The molecule has 0 bridgehead atoms. The zero-order valence-electron chi connectivity index (χ0n) is 20.4. The summed E-state index contributed by atoms with van der Waals surface area (Å²) in [6.07, 6.45) is 5.86. The molecule has 11 heteroatoms. The van der Waals surface area contributed by atoms with E-state index in [9.17, 15) is 13.6 Å². The standard InChI is InChI=1S/C26H30Cl2F2N4O3/c1-15(36-26(31)35)24(33-18-6-8-19(9-7-18)37-25(29)30)17(10-16-4-2-3-5-16)13-34-14-32-22-11-20(27)21(28)12-23(22)34/h6-9,11-12,14-17,24-25,33H,2-5,10,13H2,1H3,(H2,31,35)/t15?,17-,24-/m0/s1. The molecule has 3 aromatic rings. The average molecular weight is 555 g/mol. The third-order valence-corrected chi connectivity index (χ3v) is 7.66. The summed E-state index contributed by atoms with van der Waals surface area (Å²) < 4.78 is 37.1. The molecule has 4 rings (SSSR count). The molecule has 3 N–H and O–H groups in total. The summed E-state index contributed by atoms with van der Waals surface area (Å²) in [6.45, 7) is -0.539. The number of rotatable bonds is 11. The number of ether oxygens (including phenoxy) is 2. The van der Waals surface area contributed by atoms with Crippen LogP contribution in [-0.2, 0) is 11.3 Å². The number of alkyl halides is 2. The predicted octanol–water partition coefficient (Wildman–Crippen LogP) is 7.11. The number of carbonyl (C=O) groups excluding carboxylic acids is 1. The minimum Gasteiger partial charge on any atom is -0.444 e. The van der Waals surface area contributed by atoms with Crippen LogP contribution in [0, 0.1) is 11.8 Å². The summed E-state index contributed by atoms with van der Waals surface area (Å²) in [5, 5.41) is 4.34. The summed E-state index contributed by atoms with van der Waals surface area (Å²) in [4.78, 5) is 16.2. The van der Waals surface area contributed by atoms with Gasteiger partial charge in [-0.25, -0.2) is 9.78 Å². The first-order chi connectivity index (χ1) is 17.7. The Kier molecular flexibility index (Phi) is 8.97. The van der Waals surface area contributed by atoms with Crippen molar-refractivity contribution in [3.63, 3.8) is 0 Å². The largest absolute Gasteiger partial charge is 0.444 e. The van der Waals surface area contributed by atoms with Crippen LogP contribution in [0.4, 0.5) is 19.3 Å². The van der Waals surface area contributed by atoms with E-state index in [2.05, 4.69) is 15.0 Å². The summed E-state index contributed by atoms with van der Waals surface area (Å²) in [5.74, 6) is 0.590. The lowest BCUT2D eigenvalue weighted by molar-refractivity contribution is -0.0498. The number of anilines is 1. The lowest BCUT2D eigenvalue weighted by Gasteiger charge is -2.34. The number of nitrogens with one attached hydrogen (secondary N) is 1. The van der Waals surface area contributed by atoms with Gasteiger partial charge in [0.15, 0.2) is 0 Å². The smallest absolute Gasteiger partial charge is 0.404 e. The number of primary amides is 1. The van der Waals surface area contributed by atoms with Gasteiger partial charge in [-0.15, -0.1) is 0 Å². The summed E-state index contributed by atoms with van der Waals surface area (Å²) in [6, 6.07) is 9.44. The van der Waals surface area contributed by atoms with E-state index in [0.29, 0.717) is 28.2 Å². The number of amides is 1. The van der Waals surface area contributed by atoms with Gasteiger partial charge in [-0.3, -0.25) is 0 Å². The van der Waals surface area contributed by atoms with E-state index in [4.69, 9.17) is 33.7 Å². The fourth-order valence-electron chi connectivity index (χ4n) is 5.26. The van der Waals surface area contributed by atoms with Crippen LogP contribution >= 0.6 is 23.2 Å². The van der Waals surface area contributed by atoms with Gasteiger partial charge in [0.1, 0.15) is 11.9 Å². The van der Waals surface area contributed by atoms with Gasteiger partial charge in [-0.1, -0.05) is 48.9 Å². The first kappa shape index (κ1) is 27.3. The lowest BCUT2D eigenvalue weighted by Crippen LogP contribution is -2.44. The van der Waals surface area contributed by atoms with Gasteiger partial charge in [0.25, 0.3) is 0 Å². The number of imidazole rings is 1. The number of fused-ring (bicyclic) bond motifs is 1. The van der Waals surface area contributed by atoms with Crippen molar-refractivity contribution in [1.82, 2.24) is 9.55 Å². The van der Waals surface area contributed by atoms with E-state index in [1.807, 2.05) is 4.57 Å². The van der Waals surface area contributed by atoms with Gasteiger partial charge >= 0.3 is 12.7 Å². The zero-order chi connectivity index (χ0) is 26.5. The van der Waals surface area contributed by atoms with Crippen LogP contribution in [-0.4, -0.2) is 34.4 Å². The molecule has 0 radical (unpaired) electrons. The van der Waals surface area contributed by atoms with E-state index in [1.165, 1.54) is 25.0 Å². The molecule has 200 valence electrons. The number of hydrogen-bond acceptors (Lipinski definition) is 5. The number of nitrogens with zero attached hydrogens (tertiary/aromatic N) is 2. The topological polar surface area (TPSA) is 91.4 Å². The van der Waals surface area contributed by atoms with Gasteiger partial charge in [0, 0.05) is 18.2 Å². The van der Waals surface area contributed by atoms with Crippen molar-refractivity contribution in [2.45, 2.75) is 64.3 Å². The van der Waals surface area contributed by atoms with Crippen LogP contribution in [0.2, 0.25) is 10.0 Å². The average Bonchev–Trinajstić information content (AvgIpc) is 3.48. The second kappa shape index (κ2) is 12.2. The second-order valence-electron chi connectivity index (χ2n) is 9.51. The summed E-state index contributed by atoms with van der Waals surface area (Å²) in [5.41, 5.74) is 7.63. The number of nitrogens with two attached hydrogens (primary N) is 1. The quantitative estimate of drug-likeness (QED) is 0.263. The Morgan fingerprint density at radius 3 is 2.51 bits per heavy atom. The monoisotopic (exact) mass is 554 g/mol. The molecule has 0 aliphatic heterocycles. The maximum atomic E-state index is 12.6. The minimum absolute atomic E-state index is 0.00120. The summed E-state index contributed by atoms with van der Waals surface area (Å²) >= 11 is 12.5. The molecule has 1 saturated carbocycles. The Bertz CT molecular complexity index is 1200. The molecule has 3 atom stereocenters. The first-order valence-electron chi connectivity index (χ1n) is 12.3. The van der Waals surface area contributed by atoms with Crippen LogP contribution in [0.5, 0.6) is 5.75 Å². The van der Waals surface area contributed by atoms with Crippen molar-refractivity contribution in [3.05, 3.63) is 52.8 Å². The molecule has 7 nitrogen and oxygen atoms in total. The van der Waals surface area contributed by atoms with E-state index < -0.39 is 18.8 Å². The molecule has 1 unspecified atom stereocenters. The maximum absolute atomic E-state index is 12.6. The Morgan fingerprint density at radius 2 is 1.86 bits per heavy atom. The molecule has 2 aromatic carbocycles. The second-order valence-corrected chi connectivity index (χ2v) is 10.3. The van der Waals surface area contributed by atoms with Crippen molar-refractivity contribution >= 4 is 46.0 Å². The van der Waals surface area contributed by atoms with Crippen LogP contribution in [0.15, 0.2) is 42.7 Å². The molecule has 0 saturated heterocycles. The molecule has 37 heavy (non-hydrogen) atoms. The van der Waals surface area contributed by atoms with Gasteiger partial charge in [-0.2, -0.15) is 8.78 Å². The number of hydrogen-bond donors (Lipinski definition) is 2. The molecule has 0 spiro atoms. The van der Waals surface area contributed by atoms with E-state index in [-0.39, 0.29) is 17.7 Å². The molecule has 1 heterocycles. The van der Waals surface area contributed by atoms with Crippen molar-refractivity contribution < 1.29 is 23.0 Å². The van der Waals surface area contributed by atoms with Crippen molar-refractivity contribution in [3.8, 4) is 5.75 Å². The van der Waals surface area contributed by atoms with E-state index >= 15 is 0 Å². The Hall–Kier alpha value is -2.78. The highest BCUT2D eigenvalue weighted by atomic mass is 35.5. The fourth-order valence-corrected chi connectivity index (χ4v) is 5.58. The van der Waals surface area contributed by atoms with E-state index in [1.54, 1.807) is 37.5 Å². The van der Waals surface area contributed by atoms with Crippen molar-refractivity contribution in [2.75, 3.05) is 5.32 Å².